The monoisotopic (exact) mass is 394 g/mol. The van der Waals surface area contributed by atoms with E-state index in [1.165, 1.54) is 0 Å². The number of ketones is 1. The van der Waals surface area contributed by atoms with E-state index in [4.69, 9.17) is 14.6 Å². The maximum Gasteiger partial charge on any atom is 0.303 e. The number of carboxylic acid groups (broad SMARTS) is 1. The average molecular weight is 394 g/mol. The number of hydrogen-bond donors (Lipinski definition) is 3. The highest BCUT2D eigenvalue weighted by Crippen LogP contribution is 2.31. The van der Waals surface area contributed by atoms with Gasteiger partial charge in [-0.25, -0.2) is 0 Å². The lowest BCUT2D eigenvalue weighted by atomic mass is 10.0. The van der Waals surface area contributed by atoms with Crippen LogP contribution in [0, 0.1) is 5.92 Å². The van der Waals surface area contributed by atoms with Crippen molar-refractivity contribution in [3.63, 3.8) is 0 Å². The number of carbonyl (C=O) groups is 2. The zero-order chi connectivity index (χ0) is 20.4. The van der Waals surface area contributed by atoms with Gasteiger partial charge in [-0.15, -0.1) is 0 Å². The maximum atomic E-state index is 11.6. The topological polar surface area (TPSA) is 113 Å². The Hall–Kier alpha value is -1.96. The lowest BCUT2D eigenvalue weighted by Crippen LogP contribution is -2.33. The summed E-state index contributed by atoms with van der Waals surface area (Å²) < 4.78 is 11.1. The van der Waals surface area contributed by atoms with Crippen molar-refractivity contribution < 1.29 is 34.4 Å². The molecule has 0 aromatic heterocycles. The van der Waals surface area contributed by atoms with Crippen LogP contribution in [-0.2, 0) is 19.1 Å². The van der Waals surface area contributed by atoms with Gasteiger partial charge in [0.15, 0.2) is 5.76 Å². The first-order valence-electron chi connectivity index (χ1n) is 9.84. The first-order chi connectivity index (χ1) is 13.5. The first kappa shape index (κ1) is 22.3. The van der Waals surface area contributed by atoms with Crippen molar-refractivity contribution in [2.45, 2.75) is 63.3 Å². The quantitative estimate of drug-likeness (QED) is 0.343. The number of carbonyl (C=O) groups excluding carboxylic acids is 1. The summed E-state index contributed by atoms with van der Waals surface area (Å²) in [4.78, 5) is 22.1. The molecule has 7 nitrogen and oxygen atoms in total. The lowest BCUT2D eigenvalue weighted by Gasteiger charge is -2.23. The van der Waals surface area contributed by atoms with Gasteiger partial charge in [0.1, 0.15) is 12.7 Å². The van der Waals surface area contributed by atoms with E-state index < -0.39 is 18.2 Å². The number of aliphatic carboxylic acids is 1. The summed E-state index contributed by atoms with van der Waals surface area (Å²) in [6.45, 7) is -0.0137. The number of aliphatic hydroxyl groups is 2. The van der Waals surface area contributed by atoms with Crippen molar-refractivity contribution in [1.29, 1.82) is 0 Å². The third kappa shape index (κ3) is 7.58. The SMILES string of the molecule is O=C(O)CCCC=CCC1CCC(O)C1OCC(O)COC1=CC=CCC1=O. The molecule has 2 aliphatic carbocycles. The van der Waals surface area contributed by atoms with Crippen molar-refractivity contribution in [3.8, 4) is 0 Å². The standard InChI is InChI=1S/C21H30O7/c22-16(13-27-19-9-6-5-8-17(19)23)14-28-21-15(11-12-18(21)24)7-3-1-2-4-10-20(25)26/h1,3,5-6,9,15-16,18,21-22,24H,2,4,7-8,10-14H2,(H,25,26). The minimum absolute atomic E-state index is 0.0257. The highest BCUT2D eigenvalue weighted by molar-refractivity contribution is 5.95. The Balaban J connectivity index is 1.69. The number of unbranched alkanes of at least 4 members (excludes halogenated alkanes) is 1. The number of carboxylic acids is 1. The second kappa shape index (κ2) is 11.8. The molecule has 0 radical (unpaired) electrons. The molecule has 156 valence electrons. The largest absolute Gasteiger partial charge is 0.487 e. The predicted octanol–water partition coefficient (Wildman–Crippen LogP) is 2.13. The summed E-state index contributed by atoms with van der Waals surface area (Å²) in [5.74, 6) is -0.499. The van der Waals surface area contributed by atoms with E-state index in [2.05, 4.69) is 0 Å². The molecule has 4 unspecified atom stereocenters. The van der Waals surface area contributed by atoms with Gasteiger partial charge in [-0.1, -0.05) is 24.3 Å². The number of Topliss-reactive ketones (excluding diaryl/α,β-unsaturated/α-hetero) is 1. The zero-order valence-electron chi connectivity index (χ0n) is 16.0. The molecule has 0 bridgehead atoms. The first-order valence-corrected chi connectivity index (χ1v) is 9.84. The Bertz CT molecular complexity index is 608. The third-order valence-electron chi connectivity index (χ3n) is 4.92. The van der Waals surface area contributed by atoms with Gasteiger partial charge in [0.2, 0.25) is 5.78 Å². The number of ether oxygens (including phenoxy) is 2. The molecule has 0 saturated heterocycles. The molecular formula is C21H30O7. The van der Waals surface area contributed by atoms with Crippen LogP contribution in [0.25, 0.3) is 0 Å². The minimum Gasteiger partial charge on any atom is -0.487 e. The van der Waals surface area contributed by atoms with Crippen molar-refractivity contribution >= 4 is 11.8 Å². The Kier molecular flexibility index (Phi) is 9.40. The highest BCUT2D eigenvalue weighted by Gasteiger charge is 2.35. The van der Waals surface area contributed by atoms with Crippen molar-refractivity contribution in [1.82, 2.24) is 0 Å². The fraction of sp³-hybridized carbons (Fsp3) is 0.619. The number of aliphatic hydroxyl groups excluding tert-OH is 2. The smallest absolute Gasteiger partial charge is 0.303 e. The van der Waals surface area contributed by atoms with E-state index in [-0.39, 0.29) is 43.2 Å². The van der Waals surface area contributed by atoms with Crippen LogP contribution in [0.4, 0.5) is 0 Å². The molecule has 2 aliphatic rings. The van der Waals surface area contributed by atoms with Gasteiger partial charge in [-0.2, -0.15) is 0 Å². The van der Waals surface area contributed by atoms with Gasteiger partial charge in [0.05, 0.1) is 18.8 Å². The summed E-state index contributed by atoms with van der Waals surface area (Å²) in [7, 11) is 0. The molecule has 28 heavy (non-hydrogen) atoms. The van der Waals surface area contributed by atoms with Crippen LogP contribution < -0.4 is 0 Å². The number of allylic oxidation sites excluding steroid dienone is 6. The Labute approximate surface area is 165 Å². The van der Waals surface area contributed by atoms with Gasteiger partial charge in [-0.05, 0) is 44.1 Å². The van der Waals surface area contributed by atoms with Crippen molar-refractivity contribution in [2.75, 3.05) is 13.2 Å². The van der Waals surface area contributed by atoms with E-state index >= 15 is 0 Å². The maximum absolute atomic E-state index is 11.6. The molecule has 0 heterocycles. The molecule has 1 saturated carbocycles. The van der Waals surface area contributed by atoms with Crippen LogP contribution in [0.2, 0.25) is 0 Å². The van der Waals surface area contributed by atoms with Crippen LogP contribution in [0.5, 0.6) is 0 Å². The number of hydrogen-bond acceptors (Lipinski definition) is 6. The zero-order valence-corrected chi connectivity index (χ0v) is 16.0. The Morgan fingerprint density at radius 2 is 2.11 bits per heavy atom. The van der Waals surface area contributed by atoms with Gasteiger partial charge >= 0.3 is 5.97 Å². The highest BCUT2D eigenvalue weighted by atomic mass is 16.5. The molecule has 3 N–H and O–H groups in total. The van der Waals surface area contributed by atoms with Crippen molar-refractivity contribution in [3.05, 3.63) is 36.1 Å². The molecule has 0 amide bonds. The van der Waals surface area contributed by atoms with Crippen LogP contribution >= 0.6 is 0 Å². The Morgan fingerprint density at radius 3 is 2.86 bits per heavy atom. The lowest BCUT2D eigenvalue weighted by molar-refractivity contribution is -0.137. The van der Waals surface area contributed by atoms with Crippen LogP contribution in [0.15, 0.2) is 36.1 Å². The molecule has 0 aromatic carbocycles. The van der Waals surface area contributed by atoms with Crippen LogP contribution in [0.1, 0.15) is 44.9 Å². The van der Waals surface area contributed by atoms with E-state index in [1.807, 2.05) is 12.2 Å². The van der Waals surface area contributed by atoms with Gasteiger partial charge in [-0.3, -0.25) is 9.59 Å². The summed E-state index contributed by atoms with van der Waals surface area (Å²) in [5.41, 5.74) is 0. The third-order valence-corrected chi connectivity index (χ3v) is 4.92. The Morgan fingerprint density at radius 1 is 1.29 bits per heavy atom. The fourth-order valence-electron chi connectivity index (χ4n) is 3.40. The van der Waals surface area contributed by atoms with E-state index in [0.717, 1.165) is 12.8 Å². The summed E-state index contributed by atoms with van der Waals surface area (Å²) >= 11 is 0. The number of rotatable bonds is 12. The van der Waals surface area contributed by atoms with E-state index in [0.29, 0.717) is 25.7 Å². The van der Waals surface area contributed by atoms with Crippen LogP contribution in [0.3, 0.4) is 0 Å². The summed E-state index contributed by atoms with van der Waals surface area (Å²) in [6, 6.07) is 0. The van der Waals surface area contributed by atoms with Crippen LogP contribution in [-0.4, -0.2) is 58.6 Å². The van der Waals surface area contributed by atoms with Crippen molar-refractivity contribution in [2.24, 2.45) is 5.92 Å². The normalized spacial score (nSPS) is 25.9. The van der Waals surface area contributed by atoms with Gasteiger partial charge in [0, 0.05) is 12.8 Å². The average Bonchev–Trinajstić information content (AvgIpc) is 3.01. The fourth-order valence-corrected chi connectivity index (χ4v) is 3.40. The molecule has 0 aliphatic heterocycles. The molecule has 2 rings (SSSR count). The molecule has 4 atom stereocenters. The molecule has 1 fully saturated rings. The van der Waals surface area contributed by atoms with E-state index in [9.17, 15) is 19.8 Å². The second-order valence-corrected chi connectivity index (χ2v) is 7.25. The molecule has 0 spiro atoms. The second-order valence-electron chi connectivity index (χ2n) is 7.25. The van der Waals surface area contributed by atoms with E-state index in [1.54, 1.807) is 18.2 Å². The van der Waals surface area contributed by atoms with Gasteiger partial charge in [0.25, 0.3) is 0 Å². The van der Waals surface area contributed by atoms with Gasteiger partial charge < -0.3 is 24.8 Å². The minimum atomic E-state index is -0.889. The predicted molar refractivity (Wildman–Crippen MR) is 103 cm³/mol. The molecule has 7 heteroatoms. The molecule has 0 aromatic rings. The summed E-state index contributed by atoms with van der Waals surface area (Å²) in [6.07, 6.45) is 11.3. The molecular weight excluding hydrogens is 364 g/mol. The summed E-state index contributed by atoms with van der Waals surface area (Å²) in [5, 5.41) is 28.8.